The third-order valence-corrected chi connectivity index (χ3v) is 5.80. The maximum atomic E-state index is 13.2. The van der Waals surface area contributed by atoms with Crippen molar-refractivity contribution in [2.75, 3.05) is 49.6 Å². The molecule has 1 aliphatic carbocycles. The Kier molecular flexibility index (Phi) is 8.66. The second-order valence-corrected chi connectivity index (χ2v) is 8.24. The summed E-state index contributed by atoms with van der Waals surface area (Å²) >= 11 is 0. The molecule has 1 aromatic carbocycles. The smallest absolute Gasteiger partial charge is 0.401 e. The van der Waals surface area contributed by atoms with Crippen LogP contribution in [0.4, 0.5) is 33.3 Å². The number of nitrogens with two attached hydrogens (primary N) is 1. The van der Waals surface area contributed by atoms with Gasteiger partial charge in [0.05, 0.1) is 18.8 Å². The van der Waals surface area contributed by atoms with Crippen molar-refractivity contribution in [3.63, 3.8) is 0 Å². The van der Waals surface area contributed by atoms with E-state index in [9.17, 15) is 31.5 Å². The van der Waals surface area contributed by atoms with E-state index in [1.54, 1.807) is 0 Å². The van der Waals surface area contributed by atoms with Crippen LogP contribution in [0.2, 0.25) is 0 Å². The molecule has 1 aromatic rings. The lowest BCUT2D eigenvalue weighted by Crippen LogP contribution is -2.53. The van der Waals surface area contributed by atoms with E-state index in [2.05, 4.69) is 10.1 Å². The quantitative estimate of drug-likeness (QED) is 0.486. The van der Waals surface area contributed by atoms with E-state index in [0.717, 1.165) is 30.2 Å². The summed E-state index contributed by atoms with van der Waals surface area (Å²) < 4.78 is 75.1. The number of carbonyl (C=O) groups excluding carboxylic acids is 2. The number of benzene rings is 1. The highest BCUT2D eigenvalue weighted by Gasteiger charge is 2.38. The normalized spacial score (nSPS) is 18.2. The third kappa shape index (κ3) is 7.00. The first-order chi connectivity index (χ1) is 16.1. The molecule has 0 bridgehead atoms. The molecule has 1 saturated heterocycles. The summed E-state index contributed by atoms with van der Waals surface area (Å²) in [6, 6.07) is 2.49. The molecule has 1 saturated carbocycles. The Morgan fingerprint density at radius 2 is 2.06 bits per heavy atom. The van der Waals surface area contributed by atoms with Gasteiger partial charge >= 0.3 is 12.8 Å². The lowest BCUT2D eigenvalue weighted by molar-refractivity contribution is -0.155. The van der Waals surface area contributed by atoms with Gasteiger partial charge in [-0.3, -0.25) is 14.5 Å². The van der Waals surface area contributed by atoms with Crippen molar-refractivity contribution in [3.8, 4) is 5.75 Å². The van der Waals surface area contributed by atoms with Crippen molar-refractivity contribution in [1.82, 2.24) is 4.90 Å². The Bertz CT molecular complexity index is 866. The van der Waals surface area contributed by atoms with Gasteiger partial charge in [0.1, 0.15) is 12.6 Å². The third-order valence-electron chi connectivity index (χ3n) is 5.80. The standard InChI is InChI=1S/C21H27F5N4O4/c22-20(23)34-17-8-14(30-6-7-33-11-18(30)31)4-5-15(17)28-19(32)16(9-27)29(12-21(24,25)26)10-13-2-1-3-13/h4-5,8,13,16,20H,1-3,6-7,9-12,27H2,(H,28,32)/t16-/m0/s1. The molecule has 0 unspecified atom stereocenters. The van der Waals surface area contributed by atoms with Gasteiger partial charge in [-0.15, -0.1) is 0 Å². The Balaban J connectivity index is 1.81. The first kappa shape index (κ1) is 26.1. The highest BCUT2D eigenvalue weighted by molar-refractivity contribution is 5.98. The highest BCUT2D eigenvalue weighted by Crippen LogP contribution is 2.33. The van der Waals surface area contributed by atoms with Crippen LogP contribution in [-0.4, -0.2) is 74.9 Å². The molecule has 34 heavy (non-hydrogen) atoms. The molecule has 2 aliphatic rings. The maximum absolute atomic E-state index is 13.2. The van der Waals surface area contributed by atoms with Crippen LogP contribution in [0, 0.1) is 5.92 Å². The highest BCUT2D eigenvalue weighted by atomic mass is 19.4. The van der Waals surface area contributed by atoms with Crippen LogP contribution in [0.3, 0.4) is 0 Å². The molecule has 190 valence electrons. The Hall–Kier alpha value is -2.51. The summed E-state index contributed by atoms with van der Waals surface area (Å²) in [6.45, 7) is -4.63. The second kappa shape index (κ2) is 11.3. The van der Waals surface area contributed by atoms with E-state index < -0.39 is 43.6 Å². The van der Waals surface area contributed by atoms with Gasteiger partial charge in [-0.25, -0.2) is 0 Å². The van der Waals surface area contributed by atoms with Crippen LogP contribution in [0.1, 0.15) is 19.3 Å². The average Bonchev–Trinajstić information content (AvgIpc) is 2.71. The van der Waals surface area contributed by atoms with E-state index in [4.69, 9.17) is 10.5 Å². The zero-order valence-corrected chi connectivity index (χ0v) is 18.3. The predicted molar refractivity (Wildman–Crippen MR) is 113 cm³/mol. The van der Waals surface area contributed by atoms with Gasteiger partial charge in [-0.1, -0.05) is 6.42 Å². The largest absolute Gasteiger partial charge is 0.433 e. The number of hydrogen-bond donors (Lipinski definition) is 2. The zero-order valence-electron chi connectivity index (χ0n) is 18.3. The lowest BCUT2D eigenvalue weighted by atomic mass is 9.85. The number of halogens is 5. The molecule has 0 spiro atoms. The summed E-state index contributed by atoms with van der Waals surface area (Å²) in [5, 5.41) is 2.37. The van der Waals surface area contributed by atoms with Gasteiger partial charge in [0.2, 0.25) is 5.91 Å². The van der Waals surface area contributed by atoms with E-state index >= 15 is 0 Å². The van der Waals surface area contributed by atoms with Crippen LogP contribution >= 0.6 is 0 Å². The summed E-state index contributed by atoms with van der Waals surface area (Å²) in [4.78, 5) is 27.3. The predicted octanol–water partition coefficient (Wildman–Crippen LogP) is 2.58. The van der Waals surface area contributed by atoms with Crippen molar-refractivity contribution in [3.05, 3.63) is 18.2 Å². The van der Waals surface area contributed by atoms with Gasteiger partial charge in [-0.05, 0) is 30.9 Å². The molecular formula is C21H27F5N4O4. The number of alkyl halides is 5. The monoisotopic (exact) mass is 494 g/mol. The number of ether oxygens (including phenoxy) is 2. The Morgan fingerprint density at radius 1 is 1.32 bits per heavy atom. The fraction of sp³-hybridized carbons (Fsp3) is 0.619. The number of carbonyl (C=O) groups is 2. The number of amides is 2. The molecule has 3 rings (SSSR count). The fourth-order valence-corrected chi connectivity index (χ4v) is 3.94. The van der Waals surface area contributed by atoms with Crippen molar-refractivity contribution < 1.29 is 41.0 Å². The van der Waals surface area contributed by atoms with Gasteiger partial charge in [0.15, 0.2) is 5.75 Å². The SMILES string of the molecule is NC[C@@H](C(=O)Nc1ccc(N2CCOCC2=O)cc1OC(F)F)N(CC1CCC1)CC(F)(F)F. The van der Waals surface area contributed by atoms with Crippen molar-refractivity contribution in [2.45, 2.75) is 38.1 Å². The molecule has 8 nitrogen and oxygen atoms in total. The number of nitrogens with zero attached hydrogens (tertiary/aromatic N) is 2. The van der Waals surface area contributed by atoms with E-state index in [0.29, 0.717) is 0 Å². The van der Waals surface area contributed by atoms with Gasteiger partial charge < -0.3 is 25.4 Å². The Labute approximate surface area is 193 Å². The first-order valence-electron chi connectivity index (χ1n) is 10.9. The number of hydrogen-bond acceptors (Lipinski definition) is 6. The van der Waals surface area contributed by atoms with Crippen molar-refractivity contribution in [2.24, 2.45) is 11.7 Å². The molecule has 2 fully saturated rings. The molecule has 1 atom stereocenters. The topological polar surface area (TPSA) is 97.1 Å². The minimum atomic E-state index is -4.55. The molecular weight excluding hydrogens is 467 g/mol. The summed E-state index contributed by atoms with van der Waals surface area (Å²) in [7, 11) is 0. The van der Waals surface area contributed by atoms with Crippen LogP contribution in [0.5, 0.6) is 5.75 Å². The van der Waals surface area contributed by atoms with Crippen LogP contribution < -0.4 is 20.7 Å². The van der Waals surface area contributed by atoms with Crippen molar-refractivity contribution in [1.29, 1.82) is 0 Å². The number of rotatable bonds is 10. The summed E-state index contributed by atoms with van der Waals surface area (Å²) in [5.74, 6) is -1.65. The van der Waals surface area contributed by atoms with E-state index in [1.165, 1.54) is 17.0 Å². The summed E-state index contributed by atoms with van der Waals surface area (Å²) in [6.07, 6.45) is -2.10. The van der Waals surface area contributed by atoms with Crippen molar-refractivity contribution >= 4 is 23.2 Å². The molecule has 0 aromatic heterocycles. The maximum Gasteiger partial charge on any atom is 0.401 e. The molecule has 0 radical (unpaired) electrons. The molecule has 1 aliphatic heterocycles. The number of morpholine rings is 1. The lowest BCUT2D eigenvalue weighted by Gasteiger charge is -2.36. The Morgan fingerprint density at radius 3 is 2.62 bits per heavy atom. The minimum Gasteiger partial charge on any atom is -0.433 e. The zero-order chi connectivity index (χ0) is 24.9. The van der Waals surface area contributed by atoms with Gasteiger partial charge in [-0.2, -0.15) is 22.0 Å². The first-order valence-corrected chi connectivity index (χ1v) is 10.9. The van der Waals surface area contributed by atoms with Crippen LogP contribution in [0.15, 0.2) is 18.2 Å². The molecule has 2 amide bonds. The van der Waals surface area contributed by atoms with Crippen LogP contribution in [0.25, 0.3) is 0 Å². The second-order valence-electron chi connectivity index (χ2n) is 8.24. The fourth-order valence-electron chi connectivity index (χ4n) is 3.94. The van der Waals surface area contributed by atoms with E-state index in [1.807, 2.05) is 0 Å². The summed E-state index contributed by atoms with van der Waals surface area (Å²) in [5.41, 5.74) is 5.73. The molecule has 13 heteroatoms. The van der Waals surface area contributed by atoms with Gasteiger partial charge in [0, 0.05) is 31.4 Å². The van der Waals surface area contributed by atoms with Gasteiger partial charge in [0.25, 0.3) is 5.91 Å². The van der Waals surface area contributed by atoms with E-state index in [-0.39, 0.29) is 49.5 Å². The molecule has 1 heterocycles. The minimum absolute atomic E-state index is 0.0345. The van der Waals surface area contributed by atoms with Crippen LogP contribution in [-0.2, 0) is 14.3 Å². The average molecular weight is 494 g/mol. The number of anilines is 2. The number of nitrogens with one attached hydrogen (secondary N) is 1. The molecule has 3 N–H and O–H groups in total.